The van der Waals surface area contributed by atoms with Gasteiger partial charge in [-0.15, -0.1) is 0 Å². The van der Waals surface area contributed by atoms with Crippen molar-refractivity contribution in [2.45, 2.75) is 0 Å². The van der Waals surface area contributed by atoms with E-state index in [1.54, 1.807) is 0 Å². The maximum atomic E-state index is 5.37. The van der Waals surface area contributed by atoms with Gasteiger partial charge in [0.15, 0.2) is 0 Å². The van der Waals surface area contributed by atoms with Gasteiger partial charge < -0.3 is 4.57 Å². The van der Waals surface area contributed by atoms with Gasteiger partial charge in [-0.1, -0.05) is 109 Å². The Balaban J connectivity index is 1.03. The van der Waals surface area contributed by atoms with Crippen LogP contribution >= 0.6 is 0 Å². The van der Waals surface area contributed by atoms with Gasteiger partial charge in [-0.2, -0.15) is 0 Å². The highest BCUT2D eigenvalue weighted by molar-refractivity contribution is 6.15. The molecule has 54 heavy (non-hydrogen) atoms. The van der Waals surface area contributed by atoms with Gasteiger partial charge in [0, 0.05) is 49.9 Å². The Kier molecular flexibility index (Phi) is 6.02. The first kappa shape index (κ1) is 29.3. The predicted octanol–water partition coefficient (Wildman–Crippen LogP) is 12.8. The van der Waals surface area contributed by atoms with Crippen molar-refractivity contribution in [2.24, 2.45) is 0 Å². The molecule has 12 rings (SSSR count). The first-order valence-corrected chi connectivity index (χ1v) is 18.4. The van der Waals surface area contributed by atoms with Gasteiger partial charge in [-0.25, -0.2) is 4.98 Å². The number of benzene rings is 7. The van der Waals surface area contributed by atoms with Crippen LogP contribution in [0.5, 0.6) is 0 Å². The van der Waals surface area contributed by atoms with Crippen LogP contribution in [0.4, 0.5) is 0 Å². The number of para-hydroxylation sites is 2. The summed E-state index contributed by atoms with van der Waals surface area (Å²) < 4.78 is 4.73. The molecule has 0 bridgehead atoms. The number of aromatic nitrogens is 4. The largest absolute Gasteiger partial charge is 0.309 e. The van der Waals surface area contributed by atoms with E-state index in [0.29, 0.717) is 0 Å². The van der Waals surface area contributed by atoms with E-state index in [-0.39, 0.29) is 0 Å². The van der Waals surface area contributed by atoms with E-state index in [2.05, 4.69) is 179 Å². The minimum absolute atomic E-state index is 0.913. The second kappa shape index (κ2) is 11.1. The highest BCUT2D eigenvalue weighted by atomic mass is 15.1. The summed E-state index contributed by atoms with van der Waals surface area (Å²) in [7, 11) is 0. The summed E-state index contributed by atoms with van der Waals surface area (Å²) >= 11 is 0. The molecule has 250 valence electrons. The minimum atomic E-state index is 0.913. The van der Waals surface area contributed by atoms with Crippen LogP contribution in [0.25, 0.3) is 111 Å². The van der Waals surface area contributed by atoms with E-state index < -0.39 is 0 Å². The first-order valence-electron chi connectivity index (χ1n) is 18.4. The zero-order valence-corrected chi connectivity index (χ0v) is 29.1. The number of rotatable bonds is 4. The van der Waals surface area contributed by atoms with Crippen LogP contribution in [-0.4, -0.2) is 19.1 Å². The fraction of sp³-hybridized carbons (Fsp3) is 0. The number of nitrogens with zero attached hydrogens (tertiary/aromatic N) is 4. The van der Waals surface area contributed by atoms with E-state index in [4.69, 9.17) is 9.97 Å². The molecule has 0 N–H and O–H groups in total. The van der Waals surface area contributed by atoms with Crippen molar-refractivity contribution >= 4 is 54.4 Å². The molecule has 0 saturated carbocycles. The Bertz CT molecular complexity index is 3330. The summed E-state index contributed by atoms with van der Waals surface area (Å²) in [6.45, 7) is 0. The lowest BCUT2D eigenvalue weighted by Gasteiger charge is -2.11. The van der Waals surface area contributed by atoms with Crippen LogP contribution in [0, 0.1) is 0 Å². The van der Waals surface area contributed by atoms with E-state index in [1.165, 1.54) is 65.6 Å². The Morgan fingerprint density at radius 2 is 0.981 bits per heavy atom. The molecule has 0 saturated heterocycles. The van der Waals surface area contributed by atoms with Crippen molar-refractivity contribution in [3.63, 3.8) is 0 Å². The van der Waals surface area contributed by atoms with Crippen LogP contribution in [0.2, 0.25) is 0 Å². The second-order valence-corrected chi connectivity index (χ2v) is 14.2. The van der Waals surface area contributed by atoms with E-state index in [9.17, 15) is 0 Å². The molecule has 0 amide bonds. The lowest BCUT2D eigenvalue weighted by Crippen LogP contribution is -1.99. The van der Waals surface area contributed by atoms with Gasteiger partial charge >= 0.3 is 0 Å². The number of fused-ring (bicyclic) bond motifs is 9. The summed E-state index contributed by atoms with van der Waals surface area (Å²) in [6.07, 6.45) is 1.87. The quantitative estimate of drug-likeness (QED) is 0.185. The minimum Gasteiger partial charge on any atom is -0.309 e. The fourth-order valence-corrected chi connectivity index (χ4v) is 8.90. The molecule has 7 aromatic carbocycles. The highest BCUT2D eigenvalue weighted by Gasteiger charge is 2.25. The molecule has 0 fully saturated rings. The summed E-state index contributed by atoms with van der Waals surface area (Å²) in [5.74, 6) is 0.913. The van der Waals surface area contributed by atoms with Gasteiger partial charge in [0.25, 0.3) is 0 Å². The van der Waals surface area contributed by atoms with Crippen LogP contribution in [-0.2, 0) is 0 Å². The second-order valence-electron chi connectivity index (χ2n) is 14.2. The van der Waals surface area contributed by atoms with Crippen LogP contribution in [0.1, 0.15) is 0 Å². The van der Waals surface area contributed by atoms with Crippen molar-refractivity contribution in [1.29, 1.82) is 0 Å². The van der Waals surface area contributed by atoms with Gasteiger partial charge in [0.05, 0.1) is 33.5 Å². The first-order chi connectivity index (χ1) is 26.8. The predicted molar refractivity (Wildman–Crippen MR) is 224 cm³/mol. The molecule has 11 aromatic rings. The van der Waals surface area contributed by atoms with Gasteiger partial charge in [0.1, 0.15) is 5.82 Å². The Morgan fingerprint density at radius 3 is 1.76 bits per heavy atom. The van der Waals surface area contributed by atoms with Crippen molar-refractivity contribution < 1.29 is 0 Å². The van der Waals surface area contributed by atoms with Crippen molar-refractivity contribution in [2.75, 3.05) is 0 Å². The molecule has 0 radical (unpaired) electrons. The topological polar surface area (TPSA) is 35.6 Å². The average Bonchev–Trinajstić information content (AvgIpc) is 3.87. The molecule has 1 aliphatic carbocycles. The fourth-order valence-electron chi connectivity index (χ4n) is 8.90. The van der Waals surface area contributed by atoms with Crippen molar-refractivity contribution in [3.8, 4) is 56.3 Å². The van der Waals surface area contributed by atoms with Gasteiger partial charge in [-0.05, 0) is 94.4 Å². The summed E-state index contributed by atoms with van der Waals surface area (Å²) in [4.78, 5) is 10.1. The third-order valence-electron chi connectivity index (χ3n) is 11.3. The highest BCUT2D eigenvalue weighted by Crippen LogP contribution is 2.46. The third kappa shape index (κ3) is 4.13. The number of hydrogen-bond donors (Lipinski definition) is 0. The lowest BCUT2D eigenvalue weighted by atomic mass is 10.0. The normalized spacial score (nSPS) is 12.1. The lowest BCUT2D eigenvalue weighted by molar-refractivity contribution is 1.09. The molecule has 0 unspecified atom stereocenters. The molecule has 1 aliphatic rings. The molecule has 0 atom stereocenters. The SMILES string of the molecule is c1ccc(-c2cccc(-n3c4ccccc4c4cc(-c5ccc6c(c5)c5ccccc5n6-c5cc6cccc7c6c(n5)-c5cccnc5-7)ccc43)c2)cc1. The third-order valence-corrected chi connectivity index (χ3v) is 11.3. The summed E-state index contributed by atoms with van der Waals surface area (Å²) in [5, 5.41) is 7.25. The van der Waals surface area contributed by atoms with E-state index >= 15 is 0 Å². The zero-order chi connectivity index (χ0) is 35.3. The zero-order valence-electron chi connectivity index (χ0n) is 29.1. The van der Waals surface area contributed by atoms with E-state index in [1.807, 2.05) is 12.3 Å². The maximum Gasteiger partial charge on any atom is 0.138 e. The van der Waals surface area contributed by atoms with Crippen molar-refractivity contribution in [1.82, 2.24) is 19.1 Å². The molecule has 4 heteroatoms. The molecule has 4 nitrogen and oxygen atoms in total. The maximum absolute atomic E-state index is 5.37. The Morgan fingerprint density at radius 1 is 0.370 bits per heavy atom. The van der Waals surface area contributed by atoms with Gasteiger partial charge in [0.2, 0.25) is 0 Å². The summed E-state index contributed by atoms with van der Waals surface area (Å²) in [5.41, 5.74) is 14.9. The van der Waals surface area contributed by atoms with E-state index in [0.717, 1.165) is 45.1 Å². The molecule has 4 heterocycles. The molecule has 4 aromatic heterocycles. The molecular weight excluding hydrogens is 657 g/mol. The smallest absolute Gasteiger partial charge is 0.138 e. The Labute approximate surface area is 310 Å². The Hall–Kier alpha value is -7.30. The van der Waals surface area contributed by atoms with Crippen LogP contribution < -0.4 is 0 Å². The van der Waals surface area contributed by atoms with Crippen molar-refractivity contribution in [3.05, 3.63) is 182 Å². The molecule has 0 spiro atoms. The monoisotopic (exact) mass is 686 g/mol. The molecule has 0 aliphatic heterocycles. The van der Waals surface area contributed by atoms with Crippen LogP contribution in [0.15, 0.2) is 182 Å². The van der Waals surface area contributed by atoms with Crippen LogP contribution in [0.3, 0.4) is 0 Å². The summed E-state index contributed by atoms with van der Waals surface area (Å²) in [6, 6.07) is 63.6. The number of hydrogen-bond acceptors (Lipinski definition) is 2. The number of pyridine rings is 2. The average molecular weight is 687 g/mol. The standard InChI is InChI=1S/C50H30N4/c1-2-11-31(12-3-1)32-13-8-15-36(27-32)53-43-20-6-4-16-37(43)41-28-33(22-24-45(41)53)34-23-25-46-42(29-34)38-17-5-7-21-44(38)54(46)47-30-35-14-9-18-39-48(35)50(52-47)40-19-10-26-51-49(39)40/h1-30H. The van der Waals surface area contributed by atoms with Gasteiger partial charge in [-0.3, -0.25) is 9.55 Å². The molecular formula is C50H30N4.